The minimum Gasteiger partial charge on any atom is -0.323 e. The van der Waals surface area contributed by atoms with Crippen LogP contribution in [0.5, 0.6) is 0 Å². The van der Waals surface area contributed by atoms with E-state index >= 15 is 0 Å². The molecule has 4 aromatic rings. The number of carbonyl (C=O) groups is 1. The summed E-state index contributed by atoms with van der Waals surface area (Å²) in [5, 5.41) is 11.3. The van der Waals surface area contributed by atoms with Crippen LogP contribution in [0.1, 0.15) is 16.7 Å². The Morgan fingerprint density at radius 1 is 0.857 bits per heavy atom. The Morgan fingerprint density at radius 3 is 2.31 bits per heavy atom. The summed E-state index contributed by atoms with van der Waals surface area (Å²) < 4.78 is 2.32. The number of anilines is 1. The summed E-state index contributed by atoms with van der Waals surface area (Å²) in [6, 6.07) is 23.6. The summed E-state index contributed by atoms with van der Waals surface area (Å²) >= 11 is 0. The number of hydrogen-bond acceptors (Lipinski definition) is 5. The number of rotatable bonds is 7. The van der Waals surface area contributed by atoms with Gasteiger partial charge in [-0.2, -0.15) is 5.11 Å². The van der Waals surface area contributed by atoms with Gasteiger partial charge in [0, 0.05) is 12.3 Å². The molecule has 35 heavy (non-hydrogen) atoms. The predicted molar refractivity (Wildman–Crippen MR) is 136 cm³/mol. The van der Waals surface area contributed by atoms with Crippen molar-refractivity contribution in [2.45, 2.75) is 26.9 Å². The molecule has 0 fully saturated rings. The van der Waals surface area contributed by atoms with Crippen LogP contribution in [-0.4, -0.2) is 15.0 Å². The average Bonchev–Trinajstić information content (AvgIpc) is 2.85. The van der Waals surface area contributed by atoms with Crippen molar-refractivity contribution in [3.8, 4) is 0 Å². The molecule has 0 bridgehead atoms. The molecular formula is C27H25N5O3. The summed E-state index contributed by atoms with van der Waals surface area (Å²) in [6.07, 6.45) is 1.44. The summed E-state index contributed by atoms with van der Waals surface area (Å²) in [7, 11) is 0. The first-order valence-electron chi connectivity index (χ1n) is 11.1. The van der Waals surface area contributed by atoms with E-state index in [1.807, 2.05) is 74.5 Å². The number of azo groups is 1. The summed E-state index contributed by atoms with van der Waals surface area (Å²) in [6.45, 7) is 3.78. The summed E-state index contributed by atoms with van der Waals surface area (Å²) in [4.78, 5) is 38.1. The molecule has 1 heterocycles. The minimum atomic E-state index is -0.556. The number of carbonyl (C=O) groups excluding carboxylic acids is 1. The van der Waals surface area contributed by atoms with E-state index in [1.54, 1.807) is 12.1 Å². The molecule has 0 atom stereocenters. The zero-order valence-corrected chi connectivity index (χ0v) is 19.5. The van der Waals surface area contributed by atoms with Gasteiger partial charge in [0.05, 0.1) is 17.9 Å². The van der Waals surface area contributed by atoms with Crippen LogP contribution in [0.15, 0.2) is 105 Å². The number of aryl methyl sites for hydroxylation is 2. The number of hydrogen-bond donors (Lipinski definition) is 1. The molecular weight excluding hydrogens is 442 g/mol. The number of nitrogens with zero attached hydrogens (tertiary/aromatic N) is 4. The van der Waals surface area contributed by atoms with Gasteiger partial charge in [-0.15, -0.1) is 5.11 Å². The molecule has 0 aliphatic heterocycles. The van der Waals surface area contributed by atoms with Gasteiger partial charge >= 0.3 is 5.69 Å². The van der Waals surface area contributed by atoms with Crippen LogP contribution in [0.3, 0.4) is 0 Å². The SMILES string of the molecule is Cc1ccc(N=Nc2cc(C)ccc2NC(=O)Cn2c(=O)ccn(Cc3ccccc3)c2=O)cc1. The first-order valence-corrected chi connectivity index (χ1v) is 11.1. The lowest BCUT2D eigenvalue weighted by Gasteiger charge is -2.11. The van der Waals surface area contributed by atoms with Crippen LogP contribution in [0.2, 0.25) is 0 Å². The molecule has 0 aliphatic carbocycles. The monoisotopic (exact) mass is 467 g/mol. The standard InChI is InChI=1S/C27H25N5O3/c1-19-8-11-22(12-9-19)29-30-24-16-20(2)10-13-23(24)28-25(33)18-32-26(34)14-15-31(27(32)35)17-21-6-4-3-5-7-21/h3-16H,17-18H2,1-2H3,(H,28,33). The average molecular weight is 468 g/mol. The van der Waals surface area contributed by atoms with Crippen molar-refractivity contribution >= 4 is 23.0 Å². The lowest BCUT2D eigenvalue weighted by molar-refractivity contribution is -0.116. The largest absolute Gasteiger partial charge is 0.331 e. The molecule has 0 saturated carbocycles. The maximum Gasteiger partial charge on any atom is 0.331 e. The highest BCUT2D eigenvalue weighted by Crippen LogP contribution is 2.28. The fraction of sp³-hybridized carbons (Fsp3) is 0.148. The Bertz CT molecular complexity index is 1490. The number of nitrogens with one attached hydrogen (secondary N) is 1. The molecule has 8 heteroatoms. The van der Waals surface area contributed by atoms with Crippen LogP contribution >= 0.6 is 0 Å². The van der Waals surface area contributed by atoms with E-state index in [4.69, 9.17) is 0 Å². The Balaban J connectivity index is 1.54. The lowest BCUT2D eigenvalue weighted by Crippen LogP contribution is -2.41. The van der Waals surface area contributed by atoms with Crippen molar-refractivity contribution < 1.29 is 4.79 Å². The fourth-order valence-corrected chi connectivity index (χ4v) is 3.49. The van der Waals surface area contributed by atoms with Gasteiger partial charge < -0.3 is 5.32 Å². The quantitative estimate of drug-likeness (QED) is 0.398. The van der Waals surface area contributed by atoms with Gasteiger partial charge in [0.25, 0.3) is 5.56 Å². The molecule has 3 aromatic carbocycles. The van der Waals surface area contributed by atoms with Crippen molar-refractivity contribution in [2.75, 3.05) is 5.32 Å². The van der Waals surface area contributed by atoms with Crippen molar-refractivity contribution in [2.24, 2.45) is 10.2 Å². The van der Waals surface area contributed by atoms with Crippen LogP contribution in [0.4, 0.5) is 17.1 Å². The topological polar surface area (TPSA) is 97.8 Å². The normalized spacial score (nSPS) is 11.0. The first-order chi connectivity index (χ1) is 16.9. The molecule has 0 unspecified atom stereocenters. The Labute approximate surface area is 202 Å². The highest BCUT2D eigenvalue weighted by molar-refractivity contribution is 5.93. The Hall–Kier alpha value is -4.59. The molecule has 0 spiro atoms. The van der Waals surface area contributed by atoms with Gasteiger partial charge in [0.15, 0.2) is 0 Å². The van der Waals surface area contributed by atoms with Gasteiger partial charge in [-0.25, -0.2) is 4.79 Å². The van der Waals surface area contributed by atoms with E-state index < -0.39 is 23.7 Å². The molecule has 1 amide bonds. The van der Waals surface area contributed by atoms with E-state index in [1.165, 1.54) is 16.8 Å². The van der Waals surface area contributed by atoms with E-state index in [9.17, 15) is 14.4 Å². The van der Waals surface area contributed by atoms with E-state index in [0.29, 0.717) is 23.6 Å². The Morgan fingerprint density at radius 2 is 1.57 bits per heavy atom. The second-order valence-electron chi connectivity index (χ2n) is 8.24. The van der Waals surface area contributed by atoms with Crippen LogP contribution < -0.4 is 16.6 Å². The zero-order valence-electron chi connectivity index (χ0n) is 19.5. The smallest absolute Gasteiger partial charge is 0.323 e. The van der Waals surface area contributed by atoms with Gasteiger partial charge in [-0.05, 0) is 49.2 Å². The maximum absolute atomic E-state index is 12.9. The van der Waals surface area contributed by atoms with Crippen LogP contribution in [0.25, 0.3) is 0 Å². The van der Waals surface area contributed by atoms with Crippen molar-refractivity contribution in [1.82, 2.24) is 9.13 Å². The molecule has 0 saturated heterocycles. The maximum atomic E-state index is 12.9. The third-order valence-electron chi connectivity index (χ3n) is 5.37. The van der Waals surface area contributed by atoms with Gasteiger partial charge in [-0.3, -0.25) is 18.7 Å². The van der Waals surface area contributed by atoms with Crippen molar-refractivity contribution in [3.63, 3.8) is 0 Å². The van der Waals surface area contributed by atoms with E-state index in [2.05, 4.69) is 15.5 Å². The lowest BCUT2D eigenvalue weighted by atomic mass is 10.2. The molecule has 0 radical (unpaired) electrons. The van der Waals surface area contributed by atoms with Crippen LogP contribution in [0, 0.1) is 13.8 Å². The molecule has 0 aliphatic rings. The Kier molecular flexibility index (Phi) is 7.11. The van der Waals surface area contributed by atoms with E-state index in [0.717, 1.165) is 21.3 Å². The number of benzene rings is 3. The predicted octanol–water partition coefficient (Wildman–Crippen LogP) is 4.73. The summed E-state index contributed by atoms with van der Waals surface area (Å²) in [5.41, 5.74) is 3.47. The fourth-order valence-electron chi connectivity index (χ4n) is 3.49. The van der Waals surface area contributed by atoms with Gasteiger partial charge in [-0.1, -0.05) is 54.1 Å². The number of amides is 1. The van der Waals surface area contributed by atoms with E-state index in [-0.39, 0.29) is 0 Å². The zero-order chi connectivity index (χ0) is 24.8. The van der Waals surface area contributed by atoms with Crippen LogP contribution in [-0.2, 0) is 17.9 Å². The molecule has 1 aromatic heterocycles. The van der Waals surface area contributed by atoms with Crippen molar-refractivity contribution in [1.29, 1.82) is 0 Å². The molecule has 8 nitrogen and oxygen atoms in total. The second-order valence-corrected chi connectivity index (χ2v) is 8.24. The molecule has 176 valence electrons. The highest BCUT2D eigenvalue weighted by atomic mass is 16.2. The second kappa shape index (κ2) is 10.6. The third kappa shape index (κ3) is 6.05. The highest BCUT2D eigenvalue weighted by Gasteiger charge is 2.13. The van der Waals surface area contributed by atoms with Gasteiger partial charge in [0.2, 0.25) is 5.91 Å². The third-order valence-corrected chi connectivity index (χ3v) is 5.37. The van der Waals surface area contributed by atoms with Crippen molar-refractivity contribution in [3.05, 3.63) is 123 Å². The van der Waals surface area contributed by atoms with Gasteiger partial charge in [0.1, 0.15) is 12.2 Å². The first kappa shape index (κ1) is 23.6. The number of aromatic nitrogens is 2. The molecule has 1 N–H and O–H groups in total. The minimum absolute atomic E-state index is 0.295. The molecule has 4 rings (SSSR count). The summed E-state index contributed by atoms with van der Waals surface area (Å²) in [5.74, 6) is -0.516.